The minimum absolute atomic E-state index is 0.142. The number of hydrogen-bond donors (Lipinski definition) is 1. The van der Waals surface area contributed by atoms with Crippen LogP contribution in [0, 0.1) is 6.92 Å². The summed E-state index contributed by atoms with van der Waals surface area (Å²) < 4.78 is 5.19. The van der Waals surface area contributed by atoms with Gasteiger partial charge >= 0.3 is 0 Å². The SMILES string of the molecule is CCC(=O)C1=C(O)C(=O)N(c2ccc(C)cc2)C1c1ccc(OC)cc1. The monoisotopic (exact) mass is 351 g/mol. The predicted octanol–water partition coefficient (Wildman–Crippen LogP) is 3.88. The average Bonchev–Trinajstić information content (AvgIpc) is 2.93. The van der Waals surface area contributed by atoms with Crippen LogP contribution in [0.3, 0.4) is 0 Å². The van der Waals surface area contributed by atoms with Crippen LogP contribution < -0.4 is 9.64 Å². The van der Waals surface area contributed by atoms with Crippen LogP contribution in [0.2, 0.25) is 0 Å². The maximum atomic E-state index is 12.8. The van der Waals surface area contributed by atoms with Crippen molar-refractivity contribution < 1.29 is 19.4 Å². The van der Waals surface area contributed by atoms with E-state index in [9.17, 15) is 14.7 Å². The summed E-state index contributed by atoms with van der Waals surface area (Å²) in [5, 5.41) is 10.4. The molecular formula is C21H21NO4. The molecule has 1 aliphatic heterocycles. The van der Waals surface area contributed by atoms with Gasteiger partial charge in [-0.25, -0.2) is 0 Å². The predicted molar refractivity (Wildman–Crippen MR) is 99.4 cm³/mol. The van der Waals surface area contributed by atoms with E-state index in [0.717, 1.165) is 11.1 Å². The fourth-order valence-electron chi connectivity index (χ4n) is 3.15. The van der Waals surface area contributed by atoms with E-state index >= 15 is 0 Å². The Hall–Kier alpha value is -3.08. The number of benzene rings is 2. The summed E-state index contributed by atoms with van der Waals surface area (Å²) in [5.41, 5.74) is 2.57. The van der Waals surface area contributed by atoms with Gasteiger partial charge in [0.15, 0.2) is 11.5 Å². The van der Waals surface area contributed by atoms with Gasteiger partial charge in [-0.05, 0) is 36.8 Å². The number of Topliss-reactive ketones (excluding diaryl/α,β-unsaturated/α-hetero) is 1. The molecular weight excluding hydrogens is 330 g/mol. The third-order valence-electron chi connectivity index (χ3n) is 4.57. The Kier molecular flexibility index (Phi) is 4.80. The molecule has 1 aliphatic rings. The summed E-state index contributed by atoms with van der Waals surface area (Å²) >= 11 is 0. The third kappa shape index (κ3) is 2.96. The van der Waals surface area contributed by atoms with Crippen molar-refractivity contribution >= 4 is 17.4 Å². The molecule has 0 aliphatic carbocycles. The lowest BCUT2D eigenvalue weighted by molar-refractivity contribution is -0.118. The molecule has 5 heteroatoms. The standard InChI is InChI=1S/C21H21NO4/c1-4-17(23)18-19(14-7-11-16(26-3)12-8-14)22(21(25)20(18)24)15-9-5-13(2)6-10-15/h5-12,19,24H,4H2,1-3H3. The molecule has 0 spiro atoms. The summed E-state index contributed by atoms with van der Waals surface area (Å²) in [7, 11) is 1.57. The highest BCUT2D eigenvalue weighted by Gasteiger charge is 2.43. The van der Waals surface area contributed by atoms with Crippen LogP contribution in [-0.2, 0) is 9.59 Å². The minimum Gasteiger partial charge on any atom is -0.503 e. The number of carbonyl (C=O) groups excluding carboxylic acids is 2. The zero-order valence-electron chi connectivity index (χ0n) is 15.0. The second-order valence-electron chi connectivity index (χ2n) is 6.23. The van der Waals surface area contributed by atoms with Crippen molar-refractivity contribution in [2.75, 3.05) is 12.0 Å². The topological polar surface area (TPSA) is 66.8 Å². The van der Waals surface area contributed by atoms with E-state index in [-0.39, 0.29) is 17.8 Å². The molecule has 134 valence electrons. The molecule has 0 saturated carbocycles. The molecule has 3 rings (SSSR count). The van der Waals surface area contributed by atoms with Crippen molar-refractivity contribution in [2.24, 2.45) is 0 Å². The van der Waals surface area contributed by atoms with Crippen LogP contribution in [0.5, 0.6) is 5.75 Å². The van der Waals surface area contributed by atoms with Gasteiger partial charge < -0.3 is 9.84 Å². The Morgan fingerprint density at radius 1 is 1.12 bits per heavy atom. The molecule has 0 radical (unpaired) electrons. The Labute approximate surface area is 152 Å². The molecule has 1 atom stereocenters. The van der Waals surface area contributed by atoms with Crippen LogP contribution in [0.4, 0.5) is 5.69 Å². The van der Waals surface area contributed by atoms with Gasteiger partial charge in [0, 0.05) is 12.1 Å². The molecule has 2 aromatic rings. The minimum atomic E-state index is -0.663. The summed E-state index contributed by atoms with van der Waals surface area (Å²) in [6, 6.07) is 13.9. The van der Waals surface area contributed by atoms with Gasteiger partial charge in [-0.2, -0.15) is 0 Å². The van der Waals surface area contributed by atoms with Crippen molar-refractivity contribution in [3.8, 4) is 5.75 Å². The fraction of sp³-hybridized carbons (Fsp3) is 0.238. The molecule has 26 heavy (non-hydrogen) atoms. The molecule has 1 N–H and O–H groups in total. The van der Waals surface area contributed by atoms with E-state index in [4.69, 9.17) is 4.74 Å². The lowest BCUT2D eigenvalue weighted by Crippen LogP contribution is -2.31. The summed E-state index contributed by atoms with van der Waals surface area (Å²) in [4.78, 5) is 26.7. The largest absolute Gasteiger partial charge is 0.503 e. The number of ketones is 1. The van der Waals surface area contributed by atoms with Crippen LogP contribution in [0.25, 0.3) is 0 Å². The zero-order valence-corrected chi connectivity index (χ0v) is 15.0. The van der Waals surface area contributed by atoms with Crippen LogP contribution in [-0.4, -0.2) is 23.9 Å². The number of rotatable bonds is 5. The molecule has 0 saturated heterocycles. The first kappa shape index (κ1) is 17.7. The fourth-order valence-corrected chi connectivity index (χ4v) is 3.15. The van der Waals surface area contributed by atoms with E-state index in [1.165, 1.54) is 4.90 Å². The highest BCUT2D eigenvalue weighted by molar-refractivity contribution is 6.16. The Balaban J connectivity index is 2.14. The molecule has 0 fully saturated rings. The van der Waals surface area contributed by atoms with Crippen LogP contribution in [0.15, 0.2) is 59.9 Å². The van der Waals surface area contributed by atoms with E-state index < -0.39 is 17.7 Å². The molecule has 1 amide bonds. The van der Waals surface area contributed by atoms with Crippen molar-refractivity contribution in [3.63, 3.8) is 0 Å². The van der Waals surface area contributed by atoms with Crippen molar-refractivity contribution in [2.45, 2.75) is 26.3 Å². The Bertz CT molecular complexity index is 866. The van der Waals surface area contributed by atoms with Crippen molar-refractivity contribution in [1.82, 2.24) is 0 Å². The molecule has 2 aromatic carbocycles. The number of nitrogens with zero attached hydrogens (tertiary/aromatic N) is 1. The molecule has 1 heterocycles. The lowest BCUT2D eigenvalue weighted by atomic mass is 9.94. The Morgan fingerprint density at radius 2 is 1.73 bits per heavy atom. The number of aryl methyl sites for hydroxylation is 1. The van der Waals surface area contributed by atoms with Crippen LogP contribution in [0.1, 0.15) is 30.5 Å². The number of ether oxygens (including phenoxy) is 1. The molecule has 5 nitrogen and oxygen atoms in total. The normalized spacial score (nSPS) is 17.0. The number of aliphatic hydroxyl groups is 1. The van der Waals surface area contributed by atoms with Crippen molar-refractivity contribution in [3.05, 3.63) is 71.0 Å². The van der Waals surface area contributed by atoms with Gasteiger partial charge in [0.2, 0.25) is 0 Å². The second kappa shape index (κ2) is 7.04. The highest BCUT2D eigenvalue weighted by Crippen LogP contribution is 2.41. The van der Waals surface area contributed by atoms with Crippen LogP contribution >= 0.6 is 0 Å². The molecule has 0 bridgehead atoms. The molecule has 0 aromatic heterocycles. The Morgan fingerprint density at radius 3 is 2.27 bits per heavy atom. The third-order valence-corrected chi connectivity index (χ3v) is 4.57. The van der Waals surface area contributed by atoms with Gasteiger partial charge in [-0.3, -0.25) is 14.5 Å². The maximum Gasteiger partial charge on any atom is 0.294 e. The highest BCUT2D eigenvalue weighted by atomic mass is 16.5. The van der Waals surface area contributed by atoms with Gasteiger partial charge in [-0.1, -0.05) is 36.8 Å². The maximum absolute atomic E-state index is 12.8. The average molecular weight is 351 g/mol. The number of hydrogen-bond acceptors (Lipinski definition) is 4. The van der Waals surface area contributed by atoms with E-state index in [1.54, 1.807) is 38.3 Å². The first-order valence-electron chi connectivity index (χ1n) is 8.48. The number of aliphatic hydroxyl groups excluding tert-OH is 1. The zero-order chi connectivity index (χ0) is 18.8. The van der Waals surface area contributed by atoms with Gasteiger partial charge in [0.25, 0.3) is 5.91 Å². The number of amides is 1. The van der Waals surface area contributed by atoms with Gasteiger partial charge in [0.1, 0.15) is 5.75 Å². The summed E-state index contributed by atoms with van der Waals surface area (Å²) in [6.07, 6.45) is 0.209. The quantitative estimate of drug-likeness (QED) is 0.888. The van der Waals surface area contributed by atoms with Gasteiger partial charge in [0.05, 0.1) is 18.7 Å². The first-order valence-corrected chi connectivity index (χ1v) is 8.48. The summed E-state index contributed by atoms with van der Waals surface area (Å²) in [6.45, 7) is 3.67. The lowest BCUT2D eigenvalue weighted by Gasteiger charge is -2.27. The first-order chi connectivity index (χ1) is 12.5. The smallest absolute Gasteiger partial charge is 0.294 e. The number of methoxy groups -OCH3 is 1. The van der Waals surface area contributed by atoms with Gasteiger partial charge in [-0.15, -0.1) is 0 Å². The van der Waals surface area contributed by atoms with E-state index in [2.05, 4.69) is 0 Å². The summed E-state index contributed by atoms with van der Waals surface area (Å²) in [5.74, 6) is -0.604. The van der Waals surface area contributed by atoms with E-state index in [1.807, 2.05) is 31.2 Å². The second-order valence-corrected chi connectivity index (χ2v) is 6.23. The number of carbonyl (C=O) groups is 2. The molecule has 1 unspecified atom stereocenters. The van der Waals surface area contributed by atoms with Crippen molar-refractivity contribution in [1.29, 1.82) is 0 Å². The van der Waals surface area contributed by atoms with E-state index in [0.29, 0.717) is 11.4 Å². The number of anilines is 1.